The number of fused-ring (bicyclic) bond motifs is 1. The zero-order valence-electron chi connectivity index (χ0n) is 13.0. The molecule has 0 saturated heterocycles. The van der Waals surface area contributed by atoms with E-state index in [1.165, 1.54) is 12.3 Å². The molecule has 0 saturated carbocycles. The van der Waals surface area contributed by atoms with Gasteiger partial charge in [-0.15, -0.1) is 0 Å². The van der Waals surface area contributed by atoms with Gasteiger partial charge in [0.05, 0.1) is 10.7 Å². The average molecular weight is 382 g/mol. The van der Waals surface area contributed by atoms with Crippen molar-refractivity contribution in [1.29, 1.82) is 0 Å². The molecule has 2 aromatic heterocycles. The summed E-state index contributed by atoms with van der Waals surface area (Å²) in [7, 11) is 0. The fourth-order valence-electron chi connectivity index (χ4n) is 2.25. The van der Waals surface area contributed by atoms with Crippen molar-refractivity contribution in [3.05, 3.63) is 64.3 Å². The summed E-state index contributed by atoms with van der Waals surface area (Å²) < 4.78 is 20.1. The van der Waals surface area contributed by atoms with Crippen LogP contribution >= 0.6 is 23.2 Å². The van der Waals surface area contributed by atoms with Gasteiger partial charge in [0.15, 0.2) is 6.61 Å². The number of imidazole rings is 1. The molecule has 1 aromatic carbocycles. The largest absolute Gasteiger partial charge is 0.482 e. The van der Waals surface area contributed by atoms with Gasteiger partial charge in [0.1, 0.15) is 17.2 Å². The molecule has 3 aromatic rings. The Bertz CT molecular complexity index is 914. The van der Waals surface area contributed by atoms with E-state index in [0.717, 1.165) is 5.69 Å². The molecule has 130 valence electrons. The van der Waals surface area contributed by atoms with E-state index in [1.807, 2.05) is 0 Å². The van der Waals surface area contributed by atoms with E-state index in [-0.39, 0.29) is 18.3 Å². The second kappa shape index (κ2) is 7.72. The number of carbonyl (C=O) groups excluding carboxylic acids is 1. The zero-order valence-corrected chi connectivity index (χ0v) is 14.5. The van der Waals surface area contributed by atoms with Crippen LogP contribution < -0.4 is 10.1 Å². The number of rotatable bonds is 6. The molecule has 3 rings (SSSR count). The first kappa shape index (κ1) is 17.5. The predicted octanol–water partition coefficient (Wildman–Crippen LogP) is 3.52. The fraction of sp³-hybridized carbons (Fsp3) is 0.176. The topological polar surface area (TPSA) is 55.6 Å². The number of carbonyl (C=O) groups is 1. The second-order valence-corrected chi connectivity index (χ2v) is 6.15. The Morgan fingerprint density at radius 3 is 2.88 bits per heavy atom. The smallest absolute Gasteiger partial charge is 0.257 e. The molecule has 0 fully saturated rings. The summed E-state index contributed by atoms with van der Waals surface area (Å²) in [5.74, 6) is -0.216. The minimum Gasteiger partial charge on any atom is -0.482 e. The third-order valence-electron chi connectivity index (χ3n) is 3.42. The Kier molecular flexibility index (Phi) is 5.40. The van der Waals surface area contributed by atoms with Gasteiger partial charge >= 0.3 is 0 Å². The third-order valence-corrected chi connectivity index (χ3v) is 3.95. The number of ether oxygens (including phenoxy) is 1. The predicted molar refractivity (Wildman–Crippen MR) is 93.8 cm³/mol. The van der Waals surface area contributed by atoms with Gasteiger partial charge in [-0.25, -0.2) is 9.37 Å². The van der Waals surface area contributed by atoms with E-state index in [4.69, 9.17) is 27.9 Å². The summed E-state index contributed by atoms with van der Waals surface area (Å²) in [5.41, 5.74) is 1.41. The van der Waals surface area contributed by atoms with E-state index >= 15 is 0 Å². The minimum absolute atomic E-state index is 0.155. The van der Waals surface area contributed by atoms with Crippen LogP contribution in [0.2, 0.25) is 10.0 Å². The second-order valence-electron chi connectivity index (χ2n) is 5.31. The van der Waals surface area contributed by atoms with Gasteiger partial charge in [0.2, 0.25) is 0 Å². The number of pyridine rings is 1. The van der Waals surface area contributed by atoms with Gasteiger partial charge in [0.25, 0.3) is 5.91 Å². The van der Waals surface area contributed by atoms with E-state index in [2.05, 4.69) is 10.3 Å². The van der Waals surface area contributed by atoms with Crippen molar-refractivity contribution in [1.82, 2.24) is 14.7 Å². The zero-order chi connectivity index (χ0) is 17.8. The lowest BCUT2D eigenvalue weighted by Gasteiger charge is -2.08. The number of aromatic nitrogens is 2. The van der Waals surface area contributed by atoms with Crippen molar-refractivity contribution >= 4 is 34.8 Å². The summed E-state index contributed by atoms with van der Waals surface area (Å²) in [4.78, 5) is 16.2. The van der Waals surface area contributed by atoms with Crippen molar-refractivity contribution in [2.75, 3.05) is 13.2 Å². The van der Waals surface area contributed by atoms with Gasteiger partial charge in [0, 0.05) is 30.4 Å². The molecule has 8 heteroatoms. The summed E-state index contributed by atoms with van der Waals surface area (Å²) in [6.45, 7) is 0.237. The quantitative estimate of drug-likeness (QED) is 0.710. The Labute approximate surface area is 153 Å². The van der Waals surface area contributed by atoms with Crippen LogP contribution in [0.3, 0.4) is 0 Å². The molecule has 1 N–H and O–H groups in total. The van der Waals surface area contributed by atoms with E-state index in [0.29, 0.717) is 34.4 Å². The Morgan fingerprint density at radius 2 is 2.08 bits per heavy atom. The lowest BCUT2D eigenvalue weighted by molar-refractivity contribution is -0.123. The van der Waals surface area contributed by atoms with Gasteiger partial charge < -0.3 is 14.5 Å². The van der Waals surface area contributed by atoms with Crippen LogP contribution in [0.5, 0.6) is 5.75 Å². The fourth-order valence-corrected chi connectivity index (χ4v) is 2.72. The number of halogens is 3. The molecule has 0 radical (unpaired) electrons. The van der Waals surface area contributed by atoms with Crippen LogP contribution in [-0.2, 0) is 11.2 Å². The van der Waals surface area contributed by atoms with Crippen LogP contribution in [0.1, 0.15) is 5.69 Å². The van der Waals surface area contributed by atoms with Gasteiger partial charge in [-0.05, 0) is 30.3 Å². The van der Waals surface area contributed by atoms with E-state index < -0.39 is 0 Å². The highest BCUT2D eigenvalue weighted by Crippen LogP contribution is 2.27. The first-order valence-electron chi connectivity index (χ1n) is 7.49. The van der Waals surface area contributed by atoms with Crippen LogP contribution in [0.4, 0.5) is 4.39 Å². The molecule has 1 amide bonds. The normalized spacial score (nSPS) is 10.8. The summed E-state index contributed by atoms with van der Waals surface area (Å²) >= 11 is 11.8. The molecular weight excluding hydrogens is 368 g/mol. The Hall–Kier alpha value is -2.31. The standard InChI is InChI=1S/C17H14Cl2FN3O2/c18-11-1-3-15(14(19)7-11)25-10-17(24)21-6-5-13-9-23-8-12(20)2-4-16(23)22-13/h1-4,7-9H,5-6,10H2,(H,21,24). The van der Waals surface area contributed by atoms with Crippen LogP contribution in [0.25, 0.3) is 5.65 Å². The summed E-state index contributed by atoms with van der Waals surface area (Å²) in [6.07, 6.45) is 3.61. The summed E-state index contributed by atoms with van der Waals surface area (Å²) in [5, 5.41) is 3.57. The molecule has 0 bridgehead atoms. The van der Waals surface area contributed by atoms with Gasteiger partial charge in [-0.3, -0.25) is 4.79 Å². The monoisotopic (exact) mass is 381 g/mol. The van der Waals surface area contributed by atoms with Crippen LogP contribution in [0.15, 0.2) is 42.7 Å². The number of benzene rings is 1. The molecule has 2 heterocycles. The highest BCUT2D eigenvalue weighted by atomic mass is 35.5. The molecule has 5 nitrogen and oxygen atoms in total. The Morgan fingerprint density at radius 1 is 1.24 bits per heavy atom. The molecule has 0 unspecified atom stereocenters. The maximum absolute atomic E-state index is 13.1. The number of hydrogen-bond donors (Lipinski definition) is 1. The SMILES string of the molecule is O=C(COc1ccc(Cl)cc1Cl)NCCc1cn2cc(F)ccc2n1. The first-order valence-corrected chi connectivity index (χ1v) is 8.24. The van der Waals surface area contributed by atoms with E-state index in [1.54, 1.807) is 34.9 Å². The molecule has 0 aliphatic carbocycles. The maximum atomic E-state index is 13.1. The Balaban J connectivity index is 1.47. The van der Waals surface area contributed by atoms with Crippen molar-refractivity contribution in [3.63, 3.8) is 0 Å². The van der Waals surface area contributed by atoms with Crippen LogP contribution in [0, 0.1) is 5.82 Å². The highest BCUT2D eigenvalue weighted by Gasteiger charge is 2.07. The third kappa shape index (κ3) is 4.61. The lowest BCUT2D eigenvalue weighted by Crippen LogP contribution is -2.30. The summed E-state index contributed by atoms with van der Waals surface area (Å²) in [6, 6.07) is 7.73. The van der Waals surface area contributed by atoms with E-state index in [9.17, 15) is 9.18 Å². The van der Waals surface area contributed by atoms with Crippen molar-refractivity contribution in [3.8, 4) is 5.75 Å². The van der Waals surface area contributed by atoms with Crippen molar-refractivity contribution < 1.29 is 13.9 Å². The average Bonchev–Trinajstić information content (AvgIpc) is 2.95. The van der Waals surface area contributed by atoms with Crippen molar-refractivity contribution in [2.24, 2.45) is 0 Å². The maximum Gasteiger partial charge on any atom is 0.257 e. The number of nitrogens with one attached hydrogen (secondary N) is 1. The van der Waals surface area contributed by atoms with Gasteiger partial charge in [-0.1, -0.05) is 23.2 Å². The number of hydrogen-bond acceptors (Lipinski definition) is 3. The number of nitrogens with zero attached hydrogens (tertiary/aromatic N) is 2. The molecule has 0 atom stereocenters. The highest BCUT2D eigenvalue weighted by molar-refractivity contribution is 6.35. The molecule has 0 aliphatic rings. The first-order chi connectivity index (χ1) is 12.0. The minimum atomic E-state index is -0.331. The van der Waals surface area contributed by atoms with Gasteiger partial charge in [-0.2, -0.15) is 0 Å². The van der Waals surface area contributed by atoms with Crippen molar-refractivity contribution in [2.45, 2.75) is 6.42 Å². The number of amides is 1. The molecular formula is C17H14Cl2FN3O2. The molecule has 0 aliphatic heterocycles. The molecule has 0 spiro atoms. The van der Waals surface area contributed by atoms with Crippen LogP contribution in [-0.4, -0.2) is 28.4 Å². The lowest BCUT2D eigenvalue weighted by atomic mass is 10.3. The molecule has 25 heavy (non-hydrogen) atoms.